The molecule has 0 aromatic heterocycles. The third-order valence-corrected chi connectivity index (χ3v) is 3.89. The minimum Gasteiger partial charge on any atom is -0.481 e. The topological polar surface area (TPSA) is 108 Å². The molecule has 7 heteroatoms. The Hall–Kier alpha value is -1.79. The number of hydrogen-bond acceptors (Lipinski definition) is 3. The summed E-state index contributed by atoms with van der Waals surface area (Å²) in [4.78, 5) is 34.4. The maximum Gasteiger partial charge on any atom is 0.315 e. The average Bonchev–Trinajstić information content (AvgIpc) is 2.44. The highest BCUT2D eigenvalue weighted by Gasteiger charge is 2.29. The molecule has 0 radical (unpaired) electrons. The van der Waals surface area contributed by atoms with E-state index in [2.05, 4.69) is 16.0 Å². The van der Waals surface area contributed by atoms with Crippen LogP contribution in [0.1, 0.15) is 39.5 Å². The van der Waals surface area contributed by atoms with E-state index in [0.717, 1.165) is 12.8 Å². The summed E-state index contributed by atoms with van der Waals surface area (Å²) in [5.74, 6) is -1.33. The molecule has 1 aliphatic rings. The molecule has 0 spiro atoms. The van der Waals surface area contributed by atoms with Crippen molar-refractivity contribution in [1.29, 1.82) is 0 Å². The Morgan fingerprint density at radius 3 is 2.48 bits per heavy atom. The van der Waals surface area contributed by atoms with Crippen LogP contribution in [0.25, 0.3) is 0 Å². The monoisotopic (exact) mass is 299 g/mol. The van der Waals surface area contributed by atoms with Crippen molar-refractivity contribution in [2.24, 2.45) is 11.3 Å². The Morgan fingerprint density at radius 2 is 1.90 bits per heavy atom. The second kappa shape index (κ2) is 7.28. The molecule has 0 bridgehead atoms. The average molecular weight is 299 g/mol. The standard InChI is InChI=1S/C14H25N3O4/c1-14(2,12(20)15-3)8-16-13(21)17-10-6-4-5-9(7-10)11(18)19/h9-10H,4-8H2,1-3H3,(H,15,20)(H,18,19)(H2,16,17,21). The highest BCUT2D eigenvalue weighted by Crippen LogP contribution is 2.24. The number of hydrogen-bond donors (Lipinski definition) is 4. The lowest BCUT2D eigenvalue weighted by atomic mass is 9.86. The van der Waals surface area contributed by atoms with E-state index >= 15 is 0 Å². The number of carboxylic acid groups (broad SMARTS) is 1. The van der Waals surface area contributed by atoms with Crippen LogP contribution in [0.5, 0.6) is 0 Å². The molecular formula is C14H25N3O4. The molecule has 0 aromatic carbocycles. The molecule has 4 N–H and O–H groups in total. The maximum atomic E-state index is 11.8. The van der Waals surface area contributed by atoms with E-state index in [0.29, 0.717) is 12.8 Å². The lowest BCUT2D eigenvalue weighted by Crippen LogP contribution is -2.49. The van der Waals surface area contributed by atoms with E-state index < -0.39 is 11.4 Å². The van der Waals surface area contributed by atoms with Gasteiger partial charge in [0.25, 0.3) is 0 Å². The van der Waals surface area contributed by atoms with Crippen molar-refractivity contribution in [3.63, 3.8) is 0 Å². The summed E-state index contributed by atoms with van der Waals surface area (Å²) in [5.41, 5.74) is -0.692. The van der Waals surface area contributed by atoms with E-state index in [4.69, 9.17) is 5.11 Å². The predicted octanol–water partition coefficient (Wildman–Crippen LogP) is 0.701. The molecule has 0 heterocycles. The van der Waals surface area contributed by atoms with Gasteiger partial charge in [0.1, 0.15) is 0 Å². The number of aliphatic carboxylic acids is 1. The van der Waals surface area contributed by atoms with Crippen molar-refractivity contribution >= 4 is 17.9 Å². The zero-order chi connectivity index (χ0) is 16.0. The largest absolute Gasteiger partial charge is 0.481 e. The predicted molar refractivity (Wildman–Crippen MR) is 77.8 cm³/mol. The van der Waals surface area contributed by atoms with E-state index in [1.165, 1.54) is 0 Å². The quantitative estimate of drug-likeness (QED) is 0.599. The number of nitrogens with one attached hydrogen (secondary N) is 3. The smallest absolute Gasteiger partial charge is 0.315 e. The highest BCUT2D eigenvalue weighted by molar-refractivity contribution is 5.83. The fraction of sp³-hybridized carbons (Fsp3) is 0.786. The van der Waals surface area contributed by atoms with E-state index in [1.807, 2.05) is 0 Å². The molecule has 2 unspecified atom stereocenters. The van der Waals surface area contributed by atoms with Crippen molar-refractivity contribution in [2.75, 3.05) is 13.6 Å². The van der Waals surface area contributed by atoms with Crippen molar-refractivity contribution in [1.82, 2.24) is 16.0 Å². The first-order chi connectivity index (χ1) is 9.76. The van der Waals surface area contributed by atoms with Crippen molar-refractivity contribution in [3.05, 3.63) is 0 Å². The van der Waals surface area contributed by atoms with Crippen LogP contribution in [0.4, 0.5) is 4.79 Å². The van der Waals surface area contributed by atoms with Crippen molar-refractivity contribution < 1.29 is 19.5 Å². The third kappa shape index (κ3) is 5.24. The lowest BCUT2D eigenvalue weighted by molar-refractivity contribution is -0.143. The minimum absolute atomic E-state index is 0.122. The van der Waals surface area contributed by atoms with Gasteiger partial charge in [-0.2, -0.15) is 0 Å². The number of carbonyl (C=O) groups excluding carboxylic acids is 2. The van der Waals surface area contributed by atoms with Gasteiger partial charge in [0.2, 0.25) is 5.91 Å². The van der Waals surface area contributed by atoms with Gasteiger partial charge in [0, 0.05) is 19.6 Å². The van der Waals surface area contributed by atoms with Crippen LogP contribution in [0.2, 0.25) is 0 Å². The zero-order valence-corrected chi connectivity index (χ0v) is 12.9. The van der Waals surface area contributed by atoms with Gasteiger partial charge >= 0.3 is 12.0 Å². The first-order valence-electron chi connectivity index (χ1n) is 7.25. The maximum absolute atomic E-state index is 11.8. The Labute approximate surface area is 124 Å². The van der Waals surface area contributed by atoms with E-state index in [1.54, 1.807) is 20.9 Å². The van der Waals surface area contributed by atoms with Gasteiger partial charge in [-0.25, -0.2) is 4.79 Å². The van der Waals surface area contributed by atoms with Crippen LogP contribution in [-0.4, -0.2) is 42.6 Å². The van der Waals surface area contributed by atoms with Crippen LogP contribution in [-0.2, 0) is 9.59 Å². The normalized spacial score (nSPS) is 22.2. The summed E-state index contributed by atoms with van der Waals surface area (Å²) in [5, 5.41) is 17.0. The highest BCUT2D eigenvalue weighted by atomic mass is 16.4. The van der Waals surface area contributed by atoms with Crippen LogP contribution in [0, 0.1) is 11.3 Å². The van der Waals surface area contributed by atoms with Gasteiger partial charge in [-0.3, -0.25) is 9.59 Å². The number of urea groups is 1. The molecule has 1 saturated carbocycles. The van der Waals surface area contributed by atoms with Crippen LogP contribution < -0.4 is 16.0 Å². The van der Waals surface area contributed by atoms with Gasteiger partial charge in [-0.15, -0.1) is 0 Å². The molecule has 7 nitrogen and oxygen atoms in total. The molecule has 0 saturated heterocycles. The first-order valence-corrected chi connectivity index (χ1v) is 7.25. The second-order valence-electron chi connectivity index (χ2n) is 6.19. The van der Waals surface area contributed by atoms with Gasteiger partial charge < -0.3 is 21.1 Å². The van der Waals surface area contributed by atoms with Gasteiger partial charge in [0.05, 0.1) is 11.3 Å². The number of amides is 3. The fourth-order valence-electron chi connectivity index (χ4n) is 2.50. The van der Waals surface area contributed by atoms with E-state index in [-0.39, 0.29) is 30.4 Å². The Morgan fingerprint density at radius 1 is 1.24 bits per heavy atom. The summed E-state index contributed by atoms with van der Waals surface area (Å²) in [6.45, 7) is 3.70. The van der Waals surface area contributed by atoms with Crippen LogP contribution in [0.15, 0.2) is 0 Å². The molecule has 2 atom stereocenters. The van der Waals surface area contributed by atoms with E-state index in [9.17, 15) is 14.4 Å². The first kappa shape index (κ1) is 17.3. The van der Waals surface area contributed by atoms with Crippen LogP contribution in [0.3, 0.4) is 0 Å². The Kier molecular flexibility index (Phi) is 5.99. The molecule has 1 aliphatic carbocycles. The molecule has 0 aliphatic heterocycles. The molecule has 120 valence electrons. The molecule has 0 aromatic rings. The van der Waals surface area contributed by atoms with Crippen molar-refractivity contribution in [3.8, 4) is 0 Å². The Bertz CT molecular complexity index is 409. The van der Waals surface area contributed by atoms with Crippen LogP contribution >= 0.6 is 0 Å². The summed E-state index contributed by atoms with van der Waals surface area (Å²) in [6.07, 6.45) is 2.71. The second-order valence-corrected chi connectivity index (χ2v) is 6.19. The summed E-state index contributed by atoms with van der Waals surface area (Å²) in [7, 11) is 1.55. The van der Waals surface area contributed by atoms with Gasteiger partial charge in [0.15, 0.2) is 0 Å². The summed E-state index contributed by atoms with van der Waals surface area (Å²) >= 11 is 0. The van der Waals surface area contributed by atoms with Gasteiger partial charge in [-0.05, 0) is 33.1 Å². The number of rotatable bonds is 5. The molecule has 3 amide bonds. The third-order valence-electron chi connectivity index (χ3n) is 3.89. The fourth-order valence-corrected chi connectivity index (χ4v) is 2.50. The zero-order valence-electron chi connectivity index (χ0n) is 12.9. The summed E-state index contributed by atoms with van der Waals surface area (Å²) < 4.78 is 0. The molecule has 21 heavy (non-hydrogen) atoms. The number of carbonyl (C=O) groups is 3. The molecule has 1 fully saturated rings. The Balaban J connectivity index is 2.40. The SMILES string of the molecule is CNC(=O)C(C)(C)CNC(=O)NC1CCCC(C(=O)O)C1. The molecular weight excluding hydrogens is 274 g/mol. The number of carboxylic acids is 1. The molecule has 1 rings (SSSR count). The minimum atomic E-state index is -0.803. The van der Waals surface area contributed by atoms with Crippen molar-refractivity contribution in [2.45, 2.75) is 45.6 Å². The summed E-state index contributed by atoms with van der Waals surface area (Å²) in [6, 6.07) is -0.481. The lowest BCUT2D eigenvalue weighted by Gasteiger charge is -2.28. The van der Waals surface area contributed by atoms with Gasteiger partial charge in [-0.1, -0.05) is 6.42 Å².